The van der Waals surface area contributed by atoms with Gasteiger partial charge in [0.1, 0.15) is 6.07 Å². The topological polar surface area (TPSA) is 77.8 Å². The Labute approximate surface area is 139 Å². The van der Waals surface area contributed by atoms with Crippen LogP contribution in [0.3, 0.4) is 0 Å². The lowest BCUT2D eigenvalue weighted by molar-refractivity contribution is -0.117. The molecular weight excluding hydrogens is 307 g/mol. The van der Waals surface area contributed by atoms with Crippen molar-refractivity contribution in [2.24, 2.45) is 5.92 Å². The van der Waals surface area contributed by atoms with E-state index in [9.17, 15) is 9.18 Å². The van der Waals surface area contributed by atoms with Crippen LogP contribution in [0, 0.1) is 23.1 Å². The van der Waals surface area contributed by atoms with E-state index in [-0.39, 0.29) is 29.2 Å². The summed E-state index contributed by atoms with van der Waals surface area (Å²) in [6, 6.07) is 10.2. The summed E-state index contributed by atoms with van der Waals surface area (Å²) >= 11 is 0. The summed E-state index contributed by atoms with van der Waals surface area (Å²) in [7, 11) is 0. The number of halogens is 1. The van der Waals surface area contributed by atoms with E-state index in [4.69, 9.17) is 5.26 Å². The number of hydrogen-bond acceptors (Lipinski definition) is 4. The predicted octanol–water partition coefficient (Wildman–Crippen LogP) is 3.61. The van der Waals surface area contributed by atoms with E-state index in [2.05, 4.69) is 15.6 Å². The highest BCUT2D eigenvalue weighted by molar-refractivity contribution is 5.94. The smallest absolute Gasteiger partial charge is 0.227 e. The monoisotopic (exact) mass is 324 g/mol. The van der Waals surface area contributed by atoms with E-state index >= 15 is 0 Å². The van der Waals surface area contributed by atoms with Gasteiger partial charge >= 0.3 is 0 Å². The Morgan fingerprint density at radius 3 is 2.67 bits per heavy atom. The minimum Gasteiger partial charge on any atom is -0.361 e. The van der Waals surface area contributed by atoms with Crippen molar-refractivity contribution in [1.29, 1.82) is 5.26 Å². The zero-order valence-electron chi connectivity index (χ0n) is 13.2. The molecule has 0 saturated heterocycles. The Kier molecular flexibility index (Phi) is 4.43. The molecule has 1 aliphatic carbocycles. The zero-order valence-corrected chi connectivity index (χ0v) is 13.2. The van der Waals surface area contributed by atoms with E-state index in [0.29, 0.717) is 0 Å². The highest BCUT2D eigenvalue weighted by Crippen LogP contribution is 2.30. The number of carbonyl (C=O) groups excluding carboxylic acids is 1. The normalized spacial score (nSPS) is 14.5. The number of pyridine rings is 1. The molecular formula is C18H17FN4O. The molecule has 0 aliphatic heterocycles. The molecule has 1 amide bonds. The SMILES string of the molecule is CC(Nc1ncc(C#N)cc1F)c1ccc(NC(=O)C2CC2)cc1. The molecule has 0 bridgehead atoms. The van der Waals surface area contributed by atoms with E-state index in [1.807, 2.05) is 37.3 Å². The second-order valence-corrected chi connectivity index (χ2v) is 5.92. The summed E-state index contributed by atoms with van der Waals surface area (Å²) in [5.41, 5.74) is 1.87. The van der Waals surface area contributed by atoms with Gasteiger partial charge in [0.15, 0.2) is 11.6 Å². The highest BCUT2D eigenvalue weighted by atomic mass is 19.1. The molecule has 0 radical (unpaired) electrons. The number of rotatable bonds is 5. The number of hydrogen-bond donors (Lipinski definition) is 2. The van der Waals surface area contributed by atoms with E-state index in [0.717, 1.165) is 30.2 Å². The molecule has 2 aromatic rings. The summed E-state index contributed by atoms with van der Waals surface area (Å²) in [4.78, 5) is 15.7. The second kappa shape index (κ2) is 6.67. The van der Waals surface area contributed by atoms with Crippen LogP contribution in [0.25, 0.3) is 0 Å². The number of nitrogens with zero attached hydrogens (tertiary/aromatic N) is 2. The Hall–Kier alpha value is -2.94. The summed E-state index contributed by atoms with van der Waals surface area (Å²) < 4.78 is 13.9. The molecule has 1 aromatic heterocycles. The molecule has 5 nitrogen and oxygen atoms in total. The van der Waals surface area contributed by atoms with Crippen molar-refractivity contribution in [3.8, 4) is 6.07 Å². The molecule has 122 valence electrons. The van der Waals surface area contributed by atoms with Crippen molar-refractivity contribution in [3.05, 3.63) is 53.5 Å². The van der Waals surface area contributed by atoms with Gasteiger partial charge < -0.3 is 10.6 Å². The number of benzene rings is 1. The van der Waals surface area contributed by atoms with Crippen molar-refractivity contribution in [2.45, 2.75) is 25.8 Å². The summed E-state index contributed by atoms with van der Waals surface area (Å²) in [6.45, 7) is 1.89. The quantitative estimate of drug-likeness (QED) is 0.880. The number of nitrogens with one attached hydrogen (secondary N) is 2. The van der Waals surface area contributed by atoms with Gasteiger partial charge in [-0.25, -0.2) is 9.37 Å². The molecule has 1 saturated carbocycles. The number of nitriles is 1. The Morgan fingerprint density at radius 1 is 1.38 bits per heavy atom. The van der Waals surface area contributed by atoms with Crippen molar-refractivity contribution >= 4 is 17.4 Å². The molecule has 1 aromatic carbocycles. The van der Waals surface area contributed by atoms with Gasteiger partial charge in [-0.3, -0.25) is 4.79 Å². The van der Waals surface area contributed by atoms with Crippen LogP contribution >= 0.6 is 0 Å². The van der Waals surface area contributed by atoms with Gasteiger partial charge in [0.25, 0.3) is 0 Å². The largest absolute Gasteiger partial charge is 0.361 e. The van der Waals surface area contributed by atoms with Crippen LogP contribution < -0.4 is 10.6 Å². The first-order valence-corrected chi connectivity index (χ1v) is 7.80. The first kappa shape index (κ1) is 15.9. The third kappa shape index (κ3) is 3.69. The molecule has 1 heterocycles. The first-order chi connectivity index (χ1) is 11.6. The number of anilines is 2. The minimum absolute atomic E-state index is 0.0674. The molecule has 1 fully saturated rings. The van der Waals surface area contributed by atoms with Crippen molar-refractivity contribution < 1.29 is 9.18 Å². The Balaban J connectivity index is 1.65. The van der Waals surface area contributed by atoms with E-state index < -0.39 is 5.82 Å². The fraction of sp³-hybridized carbons (Fsp3) is 0.278. The van der Waals surface area contributed by atoms with Crippen molar-refractivity contribution in [2.75, 3.05) is 10.6 Å². The zero-order chi connectivity index (χ0) is 17.1. The lowest BCUT2D eigenvalue weighted by Crippen LogP contribution is -2.13. The average molecular weight is 324 g/mol. The summed E-state index contributed by atoms with van der Waals surface area (Å²) in [6.07, 6.45) is 3.26. The van der Waals surface area contributed by atoms with Crippen molar-refractivity contribution in [3.63, 3.8) is 0 Å². The maximum Gasteiger partial charge on any atom is 0.227 e. The molecule has 1 atom stereocenters. The Morgan fingerprint density at radius 2 is 2.08 bits per heavy atom. The van der Waals surface area contributed by atoms with Crippen molar-refractivity contribution in [1.82, 2.24) is 4.98 Å². The van der Waals surface area contributed by atoms with Crippen LogP contribution in [0.2, 0.25) is 0 Å². The van der Waals surface area contributed by atoms with E-state index in [1.54, 1.807) is 0 Å². The minimum atomic E-state index is -0.561. The maximum absolute atomic E-state index is 13.9. The lowest BCUT2D eigenvalue weighted by Gasteiger charge is -2.16. The molecule has 24 heavy (non-hydrogen) atoms. The standard InChI is InChI=1S/C18H17FN4O/c1-11(22-17-16(19)8-12(9-20)10-21-17)13-4-6-15(7-5-13)23-18(24)14-2-3-14/h4-8,10-11,14H,2-3H2,1H3,(H,21,22)(H,23,24). The number of carbonyl (C=O) groups is 1. The Bertz CT molecular complexity index is 794. The number of amides is 1. The average Bonchev–Trinajstić information content (AvgIpc) is 3.42. The van der Waals surface area contributed by atoms with Gasteiger partial charge in [0.2, 0.25) is 5.91 Å². The van der Waals surface area contributed by atoms with Crippen LogP contribution in [-0.2, 0) is 4.79 Å². The highest BCUT2D eigenvalue weighted by Gasteiger charge is 2.29. The van der Waals surface area contributed by atoms with Gasteiger partial charge in [-0.2, -0.15) is 5.26 Å². The first-order valence-electron chi connectivity index (χ1n) is 7.80. The number of aromatic nitrogens is 1. The van der Waals surface area contributed by atoms with Gasteiger partial charge in [-0.1, -0.05) is 12.1 Å². The predicted molar refractivity (Wildman–Crippen MR) is 88.7 cm³/mol. The van der Waals surface area contributed by atoms with Crippen LogP contribution in [0.15, 0.2) is 36.5 Å². The van der Waals surface area contributed by atoms with Crippen LogP contribution in [0.5, 0.6) is 0 Å². The van der Waals surface area contributed by atoms with Crippen LogP contribution in [0.1, 0.15) is 36.9 Å². The third-order valence-corrected chi connectivity index (χ3v) is 3.95. The summed E-state index contributed by atoms with van der Waals surface area (Å²) in [5, 5.41) is 14.6. The van der Waals surface area contributed by atoms with Crippen LogP contribution in [0.4, 0.5) is 15.9 Å². The van der Waals surface area contributed by atoms with Crippen LogP contribution in [-0.4, -0.2) is 10.9 Å². The lowest BCUT2D eigenvalue weighted by atomic mass is 10.1. The van der Waals surface area contributed by atoms with Gasteiger partial charge in [-0.15, -0.1) is 0 Å². The molecule has 1 unspecified atom stereocenters. The van der Waals surface area contributed by atoms with Gasteiger partial charge in [0, 0.05) is 17.8 Å². The summed E-state index contributed by atoms with van der Waals surface area (Å²) in [5.74, 6) is -0.227. The fourth-order valence-corrected chi connectivity index (χ4v) is 2.34. The van der Waals surface area contributed by atoms with Gasteiger partial charge in [-0.05, 0) is 43.5 Å². The van der Waals surface area contributed by atoms with Gasteiger partial charge in [0.05, 0.1) is 11.6 Å². The molecule has 6 heteroatoms. The fourth-order valence-electron chi connectivity index (χ4n) is 2.34. The molecule has 3 rings (SSSR count). The second-order valence-electron chi connectivity index (χ2n) is 5.92. The molecule has 1 aliphatic rings. The maximum atomic E-state index is 13.9. The van der Waals surface area contributed by atoms with E-state index in [1.165, 1.54) is 6.20 Å². The molecule has 2 N–H and O–H groups in total. The molecule has 0 spiro atoms. The third-order valence-electron chi connectivity index (χ3n) is 3.95.